The Morgan fingerprint density at radius 1 is 1.25 bits per heavy atom. The molecule has 0 saturated carbocycles. The molecule has 128 valence electrons. The minimum atomic E-state index is -4.32. The number of halogens is 1. The van der Waals surface area contributed by atoms with Crippen molar-refractivity contribution in [1.29, 1.82) is 0 Å². The van der Waals surface area contributed by atoms with Crippen LogP contribution in [0.4, 0.5) is 4.39 Å². The second kappa shape index (κ2) is 6.40. The Kier molecular flexibility index (Phi) is 4.69. The molecule has 1 aromatic carbocycles. The summed E-state index contributed by atoms with van der Waals surface area (Å²) in [7, 11) is -1.79. The molecule has 0 aliphatic heterocycles. The van der Waals surface area contributed by atoms with Crippen molar-refractivity contribution in [3.63, 3.8) is 0 Å². The molecule has 0 saturated heterocycles. The number of carbonyl (C=O) groups excluding carboxylic acids is 1. The van der Waals surface area contributed by atoms with E-state index in [0.29, 0.717) is 16.5 Å². The molecule has 1 aromatic heterocycles. The lowest BCUT2D eigenvalue weighted by Gasteiger charge is -2.10. The maximum absolute atomic E-state index is 14.1. The molecule has 0 aliphatic carbocycles. The van der Waals surface area contributed by atoms with Gasteiger partial charge in [0, 0.05) is 14.0 Å². The number of carbonyl (C=O) groups is 1. The maximum atomic E-state index is 14.1. The Bertz CT molecular complexity index is 1020. The van der Waals surface area contributed by atoms with Crippen molar-refractivity contribution in [3.05, 3.63) is 52.3 Å². The number of rotatable bonds is 3. The van der Waals surface area contributed by atoms with Crippen LogP contribution in [0, 0.1) is 5.82 Å². The van der Waals surface area contributed by atoms with Crippen molar-refractivity contribution >= 4 is 15.9 Å². The molecular formula is C14H14FN3O5S. The predicted octanol–water partition coefficient (Wildman–Crippen LogP) is 0.0187. The zero-order valence-electron chi connectivity index (χ0n) is 13.1. The number of aromatic nitrogens is 2. The second-order valence-electron chi connectivity index (χ2n) is 4.75. The van der Waals surface area contributed by atoms with Gasteiger partial charge < -0.3 is 4.74 Å². The first kappa shape index (κ1) is 17.6. The third kappa shape index (κ3) is 3.13. The van der Waals surface area contributed by atoms with E-state index in [-0.39, 0.29) is 8.87 Å². The van der Waals surface area contributed by atoms with Crippen LogP contribution in [0.2, 0.25) is 0 Å². The lowest BCUT2D eigenvalue weighted by molar-refractivity contribution is -0.116. The molecule has 0 spiro atoms. The Hall–Kier alpha value is -2.75. The van der Waals surface area contributed by atoms with E-state index in [4.69, 9.17) is 4.74 Å². The number of hydrogen-bond donors (Lipinski definition) is 0. The van der Waals surface area contributed by atoms with Gasteiger partial charge in [0.1, 0.15) is 5.75 Å². The van der Waals surface area contributed by atoms with Crippen LogP contribution < -0.4 is 15.9 Å². The van der Waals surface area contributed by atoms with Gasteiger partial charge >= 0.3 is 5.69 Å². The number of nitrogens with zero attached hydrogens (tertiary/aromatic N) is 3. The molecule has 0 atom stereocenters. The van der Waals surface area contributed by atoms with Gasteiger partial charge in [0.25, 0.3) is 10.0 Å². The van der Waals surface area contributed by atoms with E-state index in [9.17, 15) is 22.4 Å². The molecule has 0 bridgehead atoms. The Morgan fingerprint density at radius 3 is 2.33 bits per heavy atom. The van der Waals surface area contributed by atoms with E-state index in [0.717, 1.165) is 14.0 Å². The minimum absolute atomic E-state index is 0.221. The average Bonchev–Trinajstić information content (AvgIpc) is 2.54. The molecule has 0 radical (unpaired) electrons. The van der Waals surface area contributed by atoms with Gasteiger partial charge in [-0.25, -0.2) is 17.6 Å². The number of hydrogen-bond acceptors (Lipinski definition) is 5. The van der Waals surface area contributed by atoms with Crippen molar-refractivity contribution < 1.29 is 22.3 Å². The highest BCUT2D eigenvalue weighted by Gasteiger charge is 2.21. The van der Waals surface area contributed by atoms with Gasteiger partial charge in [-0.1, -0.05) is 0 Å². The van der Waals surface area contributed by atoms with Crippen LogP contribution in [-0.4, -0.2) is 30.0 Å². The first-order valence-corrected chi connectivity index (χ1v) is 8.05. The van der Waals surface area contributed by atoms with Crippen molar-refractivity contribution in [3.8, 4) is 5.75 Å². The monoisotopic (exact) mass is 355 g/mol. The fourth-order valence-corrected chi connectivity index (χ4v) is 3.19. The number of ether oxygens (including phenoxy) is 1. The summed E-state index contributed by atoms with van der Waals surface area (Å²) in [4.78, 5) is 26.4. The largest absolute Gasteiger partial charge is 0.497 e. The summed E-state index contributed by atoms with van der Waals surface area (Å²) in [6.07, 6.45) is 0.490. The van der Waals surface area contributed by atoms with Gasteiger partial charge in [0.15, 0.2) is 11.3 Å². The van der Waals surface area contributed by atoms with Crippen LogP contribution >= 0.6 is 0 Å². The summed E-state index contributed by atoms with van der Waals surface area (Å²) in [6, 6.07) is 5.25. The molecule has 0 N–H and O–H groups in total. The molecule has 2 rings (SSSR count). The van der Waals surface area contributed by atoms with Crippen LogP contribution in [0.3, 0.4) is 0 Å². The molecular weight excluding hydrogens is 341 g/mol. The van der Waals surface area contributed by atoms with Gasteiger partial charge in [0.2, 0.25) is 5.91 Å². The van der Waals surface area contributed by atoms with Crippen LogP contribution in [0.25, 0.3) is 0 Å². The van der Waals surface area contributed by atoms with Crippen LogP contribution in [0.15, 0.2) is 45.1 Å². The Balaban J connectivity index is 2.72. The zero-order valence-corrected chi connectivity index (χ0v) is 13.9. The van der Waals surface area contributed by atoms with Gasteiger partial charge in [-0.05, 0) is 24.3 Å². The molecule has 8 nitrogen and oxygen atoms in total. The smallest absolute Gasteiger partial charge is 0.343 e. The second-order valence-corrected chi connectivity index (χ2v) is 6.56. The minimum Gasteiger partial charge on any atom is -0.497 e. The van der Waals surface area contributed by atoms with E-state index < -0.39 is 32.9 Å². The summed E-state index contributed by atoms with van der Waals surface area (Å²) in [6.45, 7) is 1.08. The summed E-state index contributed by atoms with van der Waals surface area (Å²) in [5.74, 6) is -1.42. The van der Waals surface area contributed by atoms with Gasteiger partial charge in [-0.3, -0.25) is 9.36 Å². The molecule has 10 heteroatoms. The highest BCUT2D eigenvalue weighted by atomic mass is 32.2. The molecule has 1 heterocycles. The number of amides is 1. The van der Waals surface area contributed by atoms with Gasteiger partial charge in [0.05, 0.1) is 18.2 Å². The quantitative estimate of drug-likeness (QED) is 0.773. The number of benzene rings is 1. The van der Waals surface area contributed by atoms with Crippen molar-refractivity contribution in [2.45, 2.75) is 11.8 Å². The first-order chi connectivity index (χ1) is 11.2. The predicted molar refractivity (Wildman–Crippen MR) is 81.5 cm³/mol. The molecule has 0 aliphatic rings. The van der Waals surface area contributed by atoms with Crippen molar-refractivity contribution in [2.75, 3.05) is 7.11 Å². The number of methoxy groups -OCH3 is 1. The molecule has 1 amide bonds. The summed E-state index contributed by atoms with van der Waals surface area (Å²) in [5.41, 5.74) is -1.61. The fourth-order valence-electron chi connectivity index (χ4n) is 1.93. The van der Waals surface area contributed by atoms with Crippen molar-refractivity contribution in [1.82, 2.24) is 8.54 Å². The molecule has 24 heavy (non-hydrogen) atoms. The highest BCUT2D eigenvalue weighted by molar-refractivity contribution is 7.90. The fraction of sp³-hybridized carbons (Fsp3) is 0.214. The third-order valence-corrected chi connectivity index (χ3v) is 4.76. The van der Waals surface area contributed by atoms with Crippen LogP contribution in [0.5, 0.6) is 5.75 Å². The summed E-state index contributed by atoms with van der Waals surface area (Å²) >= 11 is 0. The molecule has 2 aromatic rings. The standard InChI is InChI=1S/C14H14FN3O5S/c1-9(19)16-13-12(15)8-18(14(20)17(13)2)24(21,22)11-6-4-10(23-3)5-7-11/h4-8H,1-3H3/b16-13-. The normalized spacial score (nSPS) is 12.2. The molecule has 0 fully saturated rings. The third-order valence-electron chi connectivity index (χ3n) is 3.12. The summed E-state index contributed by atoms with van der Waals surface area (Å²) < 4.78 is 45.0. The van der Waals surface area contributed by atoms with Gasteiger partial charge in [-0.2, -0.15) is 8.96 Å². The Labute approximate surface area is 136 Å². The van der Waals surface area contributed by atoms with Crippen molar-refractivity contribution in [2.24, 2.45) is 12.0 Å². The van der Waals surface area contributed by atoms with E-state index in [1.807, 2.05) is 0 Å². The van der Waals surface area contributed by atoms with E-state index >= 15 is 0 Å². The Morgan fingerprint density at radius 2 is 1.83 bits per heavy atom. The van der Waals surface area contributed by atoms with Crippen LogP contribution in [-0.2, 0) is 21.9 Å². The SMILES string of the molecule is COc1ccc(S(=O)(=O)n2cc(F)/c(=N/C(C)=O)n(C)c2=O)cc1. The highest BCUT2D eigenvalue weighted by Crippen LogP contribution is 2.17. The van der Waals surface area contributed by atoms with E-state index in [2.05, 4.69) is 4.99 Å². The van der Waals surface area contributed by atoms with E-state index in [1.54, 1.807) is 0 Å². The summed E-state index contributed by atoms with van der Waals surface area (Å²) in [5, 5.41) is 0. The average molecular weight is 355 g/mol. The maximum Gasteiger partial charge on any atom is 0.343 e. The molecule has 0 unspecified atom stereocenters. The zero-order chi connectivity index (χ0) is 18.1. The lowest BCUT2D eigenvalue weighted by Crippen LogP contribution is -2.42. The topological polar surface area (TPSA) is 99.7 Å². The van der Waals surface area contributed by atoms with E-state index in [1.165, 1.54) is 31.4 Å². The first-order valence-electron chi connectivity index (χ1n) is 6.61. The lowest BCUT2D eigenvalue weighted by atomic mass is 10.3. The van der Waals surface area contributed by atoms with Gasteiger partial charge in [-0.15, -0.1) is 0 Å². The van der Waals surface area contributed by atoms with Crippen LogP contribution in [0.1, 0.15) is 6.92 Å².